The highest BCUT2D eigenvalue weighted by molar-refractivity contribution is 6.06. The summed E-state index contributed by atoms with van der Waals surface area (Å²) >= 11 is 0. The number of hydrogen-bond acceptors (Lipinski definition) is 4. The lowest BCUT2D eigenvalue weighted by atomic mass is 9.65. The number of allylic oxidation sites excluding steroid dienone is 4. The fourth-order valence-electron chi connectivity index (χ4n) is 6.37. The van der Waals surface area contributed by atoms with Gasteiger partial charge < -0.3 is 9.47 Å². The minimum Gasteiger partial charge on any atom is -0.489 e. The minimum atomic E-state index is -0.415. The van der Waals surface area contributed by atoms with Gasteiger partial charge in [-0.15, -0.1) is 0 Å². The molecule has 0 unspecified atom stereocenters. The van der Waals surface area contributed by atoms with Crippen molar-refractivity contribution < 1.29 is 19.1 Å². The van der Waals surface area contributed by atoms with E-state index in [9.17, 15) is 9.59 Å². The Kier molecular flexibility index (Phi) is 5.82. The quantitative estimate of drug-likeness (QED) is 0.362. The molecule has 3 aromatic carbocycles. The number of hydrogen-bond donors (Lipinski definition) is 0. The van der Waals surface area contributed by atoms with Gasteiger partial charge >= 0.3 is 0 Å². The monoisotopic (exact) mass is 506 g/mol. The molecule has 0 saturated heterocycles. The molecule has 1 aliphatic heterocycles. The van der Waals surface area contributed by atoms with Crippen LogP contribution in [0.5, 0.6) is 5.75 Å². The number of ether oxygens (including phenoxy) is 2. The number of Topliss-reactive ketones (excluding diaryl/α,β-unsaturated/α-hetero) is 2. The van der Waals surface area contributed by atoms with E-state index in [-0.39, 0.29) is 22.4 Å². The van der Waals surface area contributed by atoms with Crippen LogP contribution in [0.3, 0.4) is 0 Å². The predicted molar refractivity (Wildman–Crippen MR) is 149 cm³/mol. The molecule has 4 nitrogen and oxygen atoms in total. The largest absolute Gasteiger partial charge is 0.489 e. The van der Waals surface area contributed by atoms with Gasteiger partial charge in [0.1, 0.15) is 23.9 Å². The van der Waals surface area contributed by atoms with E-state index in [2.05, 4.69) is 52.0 Å². The zero-order valence-electron chi connectivity index (χ0n) is 22.6. The van der Waals surface area contributed by atoms with E-state index in [1.807, 2.05) is 42.5 Å². The van der Waals surface area contributed by atoms with Gasteiger partial charge in [-0.1, -0.05) is 82.3 Å². The van der Waals surface area contributed by atoms with Crippen LogP contribution in [0.15, 0.2) is 89.4 Å². The van der Waals surface area contributed by atoms with Crippen LogP contribution < -0.4 is 4.74 Å². The molecule has 0 radical (unpaired) electrons. The maximum absolute atomic E-state index is 13.6. The van der Waals surface area contributed by atoms with Gasteiger partial charge in [0, 0.05) is 42.7 Å². The van der Waals surface area contributed by atoms with Crippen molar-refractivity contribution in [3.63, 3.8) is 0 Å². The molecule has 0 aromatic heterocycles. The van der Waals surface area contributed by atoms with Crippen LogP contribution in [0.2, 0.25) is 0 Å². The fourth-order valence-corrected chi connectivity index (χ4v) is 6.37. The Morgan fingerprint density at radius 2 is 1.37 bits per heavy atom. The van der Waals surface area contributed by atoms with Crippen LogP contribution in [0.1, 0.15) is 70.4 Å². The van der Waals surface area contributed by atoms with Crippen molar-refractivity contribution in [2.75, 3.05) is 0 Å². The van der Waals surface area contributed by atoms with E-state index in [1.165, 1.54) is 10.8 Å². The van der Waals surface area contributed by atoms with Crippen molar-refractivity contribution in [3.05, 3.63) is 101 Å². The third kappa shape index (κ3) is 4.47. The van der Waals surface area contributed by atoms with E-state index >= 15 is 0 Å². The smallest absolute Gasteiger partial charge is 0.163 e. The first-order valence-electron chi connectivity index (χ1n) is 13.5. The summed E-state index contributed by atoms with van der Waals surface area (Å²) in [7, 11) is 0. The summed E-state index contributed by atoms with van der Waals surface area (Å²) in [5, 5.41) is 2.35. The number of benzene rings is 3. The fraction of sp³-hybridized carbons (Fsp3) is 0.353. The van der Waals surface area contributed by atoms with Crippen LogP contribution in [0.4, 0.5) is 0 Å². The summed E-state index contributed by atoms with van der Waals surface area (Å²) in [5.41, 5.74) is 2.99. The lowest BCUT2D eigenvalue weighted by Crippen LogP contribution is -2.37. The van der Waals surface area contributed by atoms with E-state index in [4.69, 9.17) is 9.47 Å². The summed E-state index contributed by atoms with van der Waals surface area (Å²) in [6, 6.07) is 22.4. The Labute approximate surface area is 224 Å². The molecule has 0 amide bonds. The van der Waals surface area contributed by atoms with Gasteiger partial charge in [-0.25, -0.2) is 0 Å². The molecule has 1 heterocycles. The predicted octanol–water partition coefficient (Wildman–Crippen LogP) is 7.82. The normalized spacial score (nSPS) is 20.7. The van der Waals surface area contributed by atoms with E-state index in [0.717, 1.165) is 28.4 Å². The molecular weight excluding hydrogens is 472 g/mol. The summed E-state index contributed by atoms with van der Waals surface area (Å²) in [6.07, 6.45) is 2.27. The zero-order chi connectivity index (χ0) is 26.7. The zero-order valence-corrected chi connectivity index (χ0v) is 22.6. The number of fused-ring (bicyclic) bond motifs is 1. The second kappa shape index (κ2) is 8.97. The average molecular weight is 507 g/mol. The van der Waals surface area contributed by atoms with Crippen LogP contribution in [0.25, 0.3) is 10.8 Å². The first-order chi connectivity index (χ1) is 18.1. The molecule has 0 atom stereocenters. The van der Waals surface area contributed by atoms with Gasteiger partial charge in [0.2, 0.25) is 0 Å². The number of ketones is 2. The molecular formula is C34H34O4. The average Bonchev–Trinajstić information content (AvgIpc) is 2.85. The highest BCUT2D eigenvalue weighted by Crippen LogP contribution is 2.53. The molecule has 0 fully saturated rings. The highest BCUT2D eigenvalue weighted by atomic mass is 16.5. The third-order valence-electron chi connectivity index (χ3n) is 8.05. The maximum atomic E-state index is 13.6. The minimum absolute atomic E-state index is 0.0764. The molecule has 6 rings (SSSR count). The summed E-state index contributed by atoms with van der Waals surface area (Å²) in [6.45, 7) is 8.85. The lowest BCUT2D eigenvalue weighted by molar-refractivity contribution is -0.120. The van der Waals surface area contributed by atoms with Crippen LogP contribution in [-0.4, -0.2) is 11.6 Å². The first kappa shape index (κ1) is 24.7. The Morgan fingerprint density at radius 3 is 2.05 bits per heavy atom. The Morgan fingerprint density at radius 1 is 0.763 bits per heavy atom. The molecule has 3 aliphatic rings. The number of rotatable bonds is 4. The third-order valence-corrected chi connectivity index (χ3v) is 8.05. The molecule has 3 aromatic rings. The van der Waals surface area contributed by atoms with Crippen LogP contribution >= 0.6 is 0 Å². The van der Waals surface area contributed by atoms with Gasteiger partial charge in [-0.2, -0.15) is 0 Å². The molecule has 0 N–H and O–H groups in total. The van der Waals surface area contributed by atoms with Gasteiger partial charge in [-0.3, -0.25) is 9.59 Å². The Bertz CT molecular complexity index is 1480. The van der Waals surface area contributed by atoms with Gasteiger partial charge in [-0.05, 0) is 44.9 Å². The first-order valence-corrected chi connectivity index (χ1v) is 13.5. The van der Waals surface area contributed by atoms with E-state index in [0.29, 0.717) is 43.4 Å². The van der Waals surface area contributed by atoms with Crippen LogP contribution in [-0.2, 0) is 20.9 Å². The van der Waals surface area contributed by atoms with Crippen molar-refractivity contribution >= 4 is 22.3 Å². The van der Waals surface area contributed by atoms with E-state index < -0.39 is 5.92 Å². The standard InChI is InChI=1S/C34H34O4/c1-33(2)16-26(35)31-28(18-33)38-29-19-34(3,4)17-27(36)32(29)30(31)22-11-8-13-24(15-22)37-20-23-12-7-10-21-9-5-6-14-25(21)23/h5-15,30H,16-20H2,1-4H3. The van der Waals surface area contributed by atoms with Gasteiger partial charge in [0.15, 0.2) is 11.6 Å². The Hall–Kier alpha value is -3.66. The van der Waals surface area contributed by atoms with Crippen molar-refractivity contribution in [1.29, 1.82) is 0 Å². The second-order valence-corrected chi connectivity index (χ2v) is 12.6. The van der Waals surface area contributed by atoms with Crippen molar-refractivity contribution in [2.24, 2.45) is 10.8 Å². The van der Waals surface area contributed by atoms with E-state index in [1.54, 1.807) is 0 Å². The maximum Gasteiger partial charge on any atom is 0.163 e. The molecule has 4 heteroatoms. The lowest BCUT2D eigenvalue weighted by Gasteiger charge is -2.42. The molecule has 0 spiro atoms. The molecule has 0 bridgehead atoms. The Balaban J connectivity index is 1.38. The number of carbonyl (C=O) groups is 2. The summed E-state index contributed by atoms with van der Waals surface area (Å²) < 4.78 is 12.7. The number of carbonyl (C=O) groups excluding carboxylic acids is 2. The molecule has 2 aliphatic carbocycles. The molecule has 194 valence electrons. The topological polar surface area (TPSA) is 52.6 Å². The van der Waals surface area contributed by atoms with Crippen molar-refractivity contribution in [1.82, 2.24) is 0 Å². The summed E-state index contributed by atoms with van der Waals surface area (Å²) in [5.74, 6) is 1.94. The van der Waals surface area contributed by atoms with Gasteiger partial charge in [0.05, 0.1) is 0 Å². The SMILES string of the molecule is CC1(C)CC(=O)C2=C(C1)OC1=C(C(=O)CC(C)(C)C1)C2c1cccc(OCc2cccc3ccccc23)c1. The molecule has 38 heavy (non-hydrogen) atoms. The van der Waals surface area contributed by atoms with Crippen molar-refractivity contribution in [2.45, 2.75) is 65.9 Å². The van der Waals surface area contributed by atoms with Gasteiger partial charge in [0.25, 0.3) is 0 Å². The highest BCUT2D eigenvalue weighted by Gasteiger charge is 2.47. The molecule has 0 saturated carbocycles. The van der Waals surface area contributed by atoms with Crippen molar-refractivity contribution in [3.8, 4) is 5.75 Å². The second-order valence-electron chi connectivity index (χ2n) is 12.6. The van der Waals surface area contributed by atoms with Crippen LogP contribution in [0, 0.1) is 10.8 Å². The summed E-state index contributed by atoms with van der Waals surface area (Å²) in [4.78, 5) is 27.1.